The molecule has 13 aromatic rings. The Kier molecular flexibility index (Phi) is 8.61. The van der Waals surface area contributed by atoms with Crippen LogP contribution in [-0.2, 0) is 6.42 Å². The van der Waals surface area contributed by atoms with Gasteiger partial charge >= 0.3 is 0 Å². The van der Waals surface area contributed by atoms with Crippen LogP contribution in [0.15, 0.2) is 211 Å². The van der Waals surface area contributed by atoms with Gasteiger partial charge in [0, 0.05) is 53.6 Å². The molecule has 314 valence electrons. The van der Waals surface area contributed by atoms with E-state index in [4.69, 9.17) is 19.4 Å². The van der Waals surface area contributed by atoms with Gasteiger partial charge in [0.2, 0.25) is 0 Å². The smallest absolute Gasteiger partial charge is 0.164 e. The molecule has 0 bridgehead atoms. The van der Waals surface area contributed by atoms with Gasteiger partial charge in [-0.15, -0.1) is 11.3 Å². The number of para-hydroxylation sites is 1. The van der Waals surface area contributed by atoms with Crippen molar-refractivity contribution in [1.82, 2.24) is 15.0 Å². The van der Waals surface area contributed by atoms with Crippen molar-refractivity contribution in [3.8, 4) is 56.4 Å². The Labute approximate surface area is 390 Å². The molecule has 14 rings (SSSR count). The molecule has 0 spiro atoms. The fourth-order valence-electron chi connectivity index (χ4n) is 10.6. The van der Waals surface area contributed by atoms with Gasteiger partial charge in [0.15, 0.2) is 17.5 Å². The highest BCUT2D eigenvalue weighted by atomic mass is 32.1. The lowest BCUT2D eigenvalue weighted by Gasteiger charge is -2.21. The maximum Gasteiger partial charge on any atom is 0.164 e. The summed E-state index contributed by atoms with van der Waals surface area (Å²) in [5.41, 5.74) is 13.2. The van der Waals surface area contributed by atoms with Crippen molar-refractivity contribution in [1.29, 1.82) is 0 Å². The molecule has 3 aromatic heterocycles. The predicted octanol–water partition coefficient (Wildman–Crippen LogP) is 16.9. The molecule has 0 fully saturated rings. The fraction of sp³-hybridized carbons (Fsp3) is 0.0484. The summed E-state index contributed by atoms with van der Waals surface area (Å²) in [5, 5.41) is 9.55. The molecule has 3 heterocycles. The number of hydrogen-bond donors (Lipinski definition) is 0. The minimum absolute atomic E-state index is 0.0631. The zero-order chi connectivity index (χ0) is 44.0. The molecule has 0 radical (unpaired) electrons. The number of hydrogen-bond acceptors (Lipinski definition) is 5. The monoisotopic (exact) mass is 873 g/mol. The first-order valence-electron chi connectivity index (χ1n) is 23.0. The normalized spacial score (nSPS) is 13.7. The zero-order valence-electron chi connectivity index (χ0n) is 36.3. The van der Waals surface area contributed by atoms with E-state index in [-0.39, 0.29) is 5.92 Å². The lowest BCUT2D eigenvalue weighted by atomic mass is 9.83. The Balaban J connectivity index is 1.00. The summed E-state index contributed by atoms with van der Waals surface area (Å²) in [6.07, 6.45) is 1.86. The van der Waals surface area contributed by atoms with Crippen LogP contribution in [0.4, 0.5) is 0 Å². The summed E-state index contributed by atoms with van der Waals surface area (Å²) >= 11 is 1.80. The van der Waals surface area contributed by atoms with Crippen molar-refractivity contribution in [2.24, 2.45) is 0 Å². The predicted molar refractivity (Wildman–Crippen MR) is 279 cm³/mol. The number of nitrogens with zero attached hydrogens (tertiary/aromatic N) is 3. The molecule has 0 N–H and O–H groups in total. The van der Waals surface area contributed by atoms with Crippen LogP contribution in [0.3, 0.4) is 0 Å². The number of benzene rings is 10. The van der Waals surface area contributed by atoms with Gasteiger partial charge in [0.25, 0.3) is 0 Å². The van der Waals surface area contributed by atoms with Crippen LogP contribution in [0, 0.1) is 0 Å². The lowest BCUT2D eigenvalue weighted by molar-refractivity contribution is 0.665. The van der Waals surface area contributed by atoms with Gasteiger partial charge in [-0.05, 0) is 122 Å². The molecular weight excluding hydrogens is 835 g/mol. The number of fused-ring (bicyclic) bond motifs is 11. The highest BCUT2D eigenvalue weighted by molar-refractivity contribution is 7.25. The van der Waals surface area contributed by atoms with E-state index in [1.165, 1.54) is 75.1 Å². The molecule has 10 aromatic carbocycles. The van der Waals surface area contributed by atoms with Crippen molar-refractivity contribution in [2.75, 3.05) is 0 Å². The number of thiophene rings is 1. The summed E-state index contributed by atoms with van der Waals surface area (Å²) in [6, 6.07) is 74.5. The average molecular weight is 874 g/mol. The first-order chi connectivity index (χ1) is 33.1. The van der Waals surface area contributed by atoms with Crippen LogP contribution in [-0.4, -0.2) is 15.0 Å². The largest absolute Gasteiger partial charge is 0.456 e. The van der Waals surface area contributed by atoms with Crippen LogP contribution in [0.2, 0.25) is 0 Å². The van der Waals surface area contributed by atoms with Crippen LogP contribution in [0.25, 0.3) is 120 Å². The quantitative estimate of drug-likeness (QED) is 0.173. The summed E-state index contributed by atoms with van der Waals surface area (Å²) in [7, 11) is 0. The molecule has 0 saturated heterocycles. The van der Waals surface area contributed by atoms with Gasteiger partial charge in [0.1, 0.15) is 11.2 Å². The Morgan fingerprint density at radius 1 is 0.403 bits per heavy atom. The van der Waals surface area contributed by atoms with E-state index in [1.54, 1.807) is 11.3 Å². The molecule has 5 heteroatoms. The van der Waals surface area contributed by atoms with E-state index in [2.05, 4.69) is 194 Å². The van der Waals surface area contributed by atoms with E-state index in [1.807, 2.05) is 12.1 Å². The zero-order valence-corrected chi connectivity index (χ0v) is 37.1. The molecule has 0 saturated carbocycles. The average Bonchev–Trinajstić information content (AvgIpc) is 3.92. The van der Waals surface area contributed by atoms with Gasteiger partial charge in [0.05, 0.1) is 0 Å². The third kappa shape index (κ3) is 6.38. The molecule has 1 aliphatic carbocycles. The molecule has 0 amide bonds. The van der Waals surface area contributed by atoms with Crippen molar-refractivity contribution in [3.05, 3.63) is 223 Å². The molecule has 0 aliphatic heterocycles. The Morgan fingerprint density at radius 3 is 1.81 bits per heavy atom. The van der Waals surface area contributed by atoms with Gasteiger partial charge < -0.3 is 4.42 Å². The topological polar surface area (TPSA) is 51.8 Å². The van der Waals surface area contributed by atoms with Gasteiger partial charge in [-0.25, -0.2) is 15.0 Å². The minimum Gasteiger partial charge on any atom is -0.456 e. The first-order valence-corrected chi connectivity index (χ1v) is 23.8. The number of rotatable bonds is 5. The van der Waals surface area contributed by atoms with Crippen molar-refractivity contribution >= 4 is 75.0 Å². The highest BCUT2D eigenvalue weighted by Crippen LogP contribution is 2.47. The third-order valence-corrected chi connectivity index (χ3v) is 15.1. The van der Waals surface area contributed by atoms with E-state index in [0.29, 0.717) is 17.5 Å². The number of aromatic nitrogens is 3. The first kappa shape index (κ1) is 38.1. The van der Waals surface area contributed by atoms with Crippen LogP contribution in [0.5, 0.6) is 0 Å². The second-order valence-electron chi connectivity index (χ2n) is 17.8. The van der Waals surface area contributed by atoms with Crippen molar-refractivity contribution in [3.63, 3.8) is 0 Å². The summed E-state index contributed by atoms with van der Waals surface area (Å²) in [4.78, 5) is 16.2. The Hall–Kier alpha value is -8.25. The number of furan rings is 1. The number of aryl methyl sites for hydroxylation is 1. The van der Waals surface area contributed by atoms with Crippen molar-refractivity contribution < 1.29 is 4.42 Å². The lowest BCUT2D eigenvalue weighted by Crippen LogP contribution is -2.05. The Morgan fingerprint density at radius 2 is 1.00 bits per heavy atom. The molecule has 1 unspecified atom stereocenters. The molecule has 1 atom stereocenters. The SMILES string of the molecule is c1ccc(-c2ccc(-c3nc(-c4ccc5c(c4)sc4ccccc45)nc(-c4cc(C5CCc6cc7ccccc7cc6-c6cc7ccccc7cc65)cc5oc6ccccc6c45)n3)cc2)cc1. The second kappa shape index (κ2) is 15.2. The summed E-state index contributed by atoms with van der Waals surface area (Å²) in [6.45, 7) is 0. The van der Waals surface area contributed by atoms with Crippen LogP contribution >= 0.6 is 11.3 Å². The van der Waals surface area contributed by atoms with E-state index in [0.717, 1.165) is 57.0 Å². The van der Waals surface area contributed by atoms with Gasteiger partial charge in [-0.2, -0.15) is 0 Å². The fourth-order valence-corrected chi connectivity index (χ4v) is 11.8. The molecular formula is C62H39N3OS. The third-order valence-electron chi connectivity index (χ3n) is 13.9. The standard InChI is InChI=1S/C62H39N3OS/c1-2-12-37(13-3-1)38-22-24-39(25-23-38)60-63-61(45-27-29-49-48-18-9-11-21-57(48)67-58(49)36-45)65-62(64-60)54-34-46(35-56-59(54)50-19-8-10-20-55(50)66-56)47-28-26-44-30-40-14-4-5-15-41(40)31-51(44)53-33-43-17-7-6-16-42(43)32-52(47)53/h1-25,27,29-36,47H,26,28H2. The van der Waals surface area contributed by atoms with E-state index < -0.39 is 0 Å². The van der Waals surface area contributed by atoms with E-state index >= 15 is 0 Å². The second-order valence-corrected chi connectivity index (χ2v) is 18.9. The van der Waals surface area contributed by atoms with Crippen LogP contribution in [0.1, 0.15) is 29.0 Å². The van der Waals surface area contributed by atoms with Crippen molar-refractivity contribution in [2.45, 2.75) is 18.8 Å². The maximum absolute atomic E-state index is 6.84. The minimum atomic E-state index is 0.0631. The molecule has 1 aliphatic rings. The summed E-state index contributed by atoms with van der Waals surface area (Å²) in [5.74, 6) is 1.93. The Bertz CT molecular complexity index is 4110. The maximum atomic E-state index is 6.84. The van der Waals surface area contributed by atoms with Crippen LogP contribution < -0.4 is 0 Å². The van der Waals surface area contributed by atoms with Gasteiger partial charge in [-0.3, -0.25) is 0 Å². The van der Waals surface area contributed by atoms with Gasteiger partial charge in [-0.1, -0.05) is 158 Å². The molecule has 67 heavy (non-hydrogen) atoms. The molecule has 4 nitrogen and oxygen atoms in total. The van der Waals surface area contributed by atoms with E-state index in [9.17, 15) is 0 Å². The summed E-state index contributed by atoms with van der Waals surface area (Å²) < 4.78 is 9.31. The highest BCUT2D eigenvalue weighted by Gasteiger charge is 2.28.